The van der Waals surface area contributed by atoms with E-state index >= 15 is 0 Å². The van der Waals surface area contributed by atoms with Crippen molar-refractivity contribution in [1.29, 1.82) is 0 Å². The summed E-state index contributed by atoms with van der Waals surface area (Å²) in [6.07, 6.45) is 2.75. The fourth-order valence-corrected chi connectivity index (χ4v) is 3.05. The second-order valence-electron chi connectivity index (χ2n) is 6.71. The van der Waals surface area contributed by atoms with Crippen molar-refractivity contribution in [3.63, 3.8) is 0 Å². The van der Waals surface area contributed by atoms with Crippen LogP contribution in [0.15, 0.2) is 48.5 Å². The van der Waals surface area contributed by atoms with E-state index in [-0.39, 0.29) is 39.3 Å². The number of unbranched alkanes of at least 4 members (excludes halogenated alkanes) is 2. The van der Waals surface area contributed by atoms with Gasteiger partial charge in [0.2, 0.25) is 0 Å². The van der Waals surface area contributed by atoms with E-state index in [1.165, 1.54) is 0 Å². The van der Waals surface area contributed by atoms with E-state index in [9.17, 15) is 4.79 Å². The monoisotopic (exact) mass is 479 g/mol. The van der Waals surface area contributed by atoms with Crippen molar-refractivity contribution in [2.24, 2.45) is 0 Å². The molecule has 0 unspecified atom stereocenters. The molecular formula is C23H26N4O2Y-2. The molecule has 3 rings (SSSR count). The van der Waals surface area contributed by atoms with E-state index in [1.54, 1.807) is 4.68 Å². The van der Waals surface area contributed by atoms with Gasteiger partial charge in [0.1, 0.15) is 6.61 Å². The quantitative estimate of drug-likeness (QED) is 0.362. The van der Waals surface area contributed by atoms with Crippen molar-refractivity contribution in [3.8, 4) is 22.5 Å². The Labute approximate surface area is 203 Å². The predicted octanol–water partition coefficient (Wildman–Crippen LogP) is 4.51. The molecule has 0 saturated carbocycles. The summed E-state index contributed by atoms with van der Waals surface area (Å²) in [6.45, 7) is 7.49. The first-order chi connectivity index (χ1) is 14.2. The van der Waals surface area contributed by atoms with Crippen LogP contribution >= 0.6 is 0 Å². The van der Waals surface area contributed by atoms with E-state index < -0.39 is 6.09 Å². The molecule has 1 radical (unpaired) electrons. The zero-order valence-corrected chi connectivity index (χ0v) is 20.1. The van der Waals surface area contributed by atoms with Gasteiger partial charge in [-0.25, -0.2) is 4.79 Å². The molecule has 1 heterocycles. The van der Waals surface area contributed by atoms with Crippen LogP contribution in [0.3, 0.4) is 0 Å². The molecule has 3 aromatic rings. The number of carbonyl (C=O) groups excluding carboxylic acids is 1. The molecule has 0 spiro atoms. The average molecular weight is 479 g/mol. The molecule has 7 heteroatoms. The molecule has 0 aliphatic carbocycles. The zero-order valence-electron chi connectivity index (χ0n) is 17.3. The van der Waals surface area contributed by atoms with Crippen LogP contribution < -0.4 is 5.32 Å². The third kappa shape index (κ3) is 6.41. The van der Waals surface area contributed by atoms with Gasteiger partial charge >= 0.3 is 6.09 Å². The number of rotatable bonds is 9. The molecule has 30 heavy (non-hydrogen) atoms. The number of alkyl carbamates (subject to hydrolysis) is 1. The standard InChI is InChI=1S/C23H26N4O2.Y/c1-3-4-10-15-24-23(28)29-17-16-27-22(20-14-9-8-11-18(20)2)21(25-26-27)19-12-6-5-7-13-19;/h5-9,11-12,14H,2-4,10,15-17H2,1H3,(H,24,28);/q-2;. The van der Waals surface area contributed by atoms with Crippen LogP contribution in [-0.4, -0.2) is 34.2 Å². The van der Waals surface area contributed by atoms with Crippen molar-refractivity contribution < 1.29 is 42.2 Å². The first kappa shape index (κ1) is 24.1. The Morgan fingerprint density at radius 3 is 2.73 bits per heavy atom. The van der Waals surface area contributed by atoms with Crippen molar-refractivity contribution >= 4 is 6.09 Å². The van der Waals surface area contributed by atoms with E-state index in [0.29, 0.717) is 13.1 Å². The van der Waals surface area contributed by atoms with Gasteiger partial charge in [0, 0.05) is 44.9 Å². The smallest absolute Gasteiger partial charge is 0.407 e. The molecule has 0 fully saturated rings. The summed E-state index contributed by atoms with van der Waals surface area (Å²) in [7, 11) is 0. The number of nitrogens with one attached hydrogen (secondary N) is 1. The summed E-state index contributed by atoms with van der Waals surface area (Å²) in [5, 5.41) is 11.4. The van der Waals surface area contributed by atoms with Gasteiger partial charge in [-0.15, -0.1) is 53.6 Å². The Bertz CT molecular complexity index is 928. The molecule has 0 bridgehead atoms. The van der Waals surface area contributed by atoms with E-state index in [4.69, 9.17) is 4.74 Å². The van der Waals surface area contributed by atoms with Crippen molar-refractivity contribution in [2.45, 2.75) is 32.7 Å². The fraction of sp³-hybridized carbons (Fsp3) is 0.304. The molecule has 0 atom stereocenters. The molecule has 2 aromatic carbocycles. The largest absolute Gasteiger partial charge is 0.448 e. The predicted molar refractivity (Wildman–Crippen MR) is 113 cm³/mol. The van der Waals surface area contributed by atoms with Crippen LogP contribution in [0.4, 0.5) is 4.79 Å². The minimum Gasteiger partial charge on any atom is -0.448 e. The zero-order chi connectivity index (χ0) is 20.5. The third-order valence-electron chi connectivity index (χ3n) is 4.56. The minimum atomic E-state index is -0.406. The molecule has 1 amide bonds. The van der Waals surface area contributed by atoms with E-state index in [0.717, 1.165) is 47.3 Å². The van der Waals surface area contributed by atoms with Gasteiger partial charge in [0.05, 0.1) is 6.54 Å². The van der Waals surface area contributed by atoms with Crippen LogP contribution in [-0.2, 0) is 44.0 Å². The first-order valence-electron chi connectivity index (χ1n) is 9.93. The summed E-state index contributed by atoms with van der Waals surface area (Å²) in [5.41, 5.74) is 4.24. The van der Waals surface area contributed by atoms with Crippen LogP contribution in [0.5, 0.6) is 0 Å². The first-order valence-corrected chi connectivity index (χ1v) is 9.93. The number of amides is 1. The Morgan fingerprint density at radius 2 is 2.00 bits per heavy atom. The maximum Gasteiger partial charge on any atom is 0.407 e. The molecule has 0 aliphatic rings. The summed E-state index contributed by atoms with van der Waals surface area (Å²) in [5.74, 6) is 0. The topological polar surface area (TPSA) is 69.0 Å². The molecule has 6 nitrogen and oxygen atoms in total. The van der Waals surface area contributed by atoms with Gasteiger partial charge < -0.3 is 10.1 Å². The fourth-order valence-electron chi connectivity index (χ4n) is 3.05. The van der Waals surface area contributed by atoms with Crippen LogP contribution in [0.2, 0.25) is 0 Å². The van der Waals surface area contributed by atoms with Gasteiger partial charge in [-0.05, 0) is 12.1 Å². The Hall–Kier alpha value is -2.18. The van der Waals surface area contributed by atoms with Gasteiger partial charge in [-0.3, -0.25) is 4.68 Å². The second kappa shape index (κ2) is 12.5. The average Bonchev–Trinajstić information content (AvgIpc) is 3.16. The minimum absolute atomic E-state index is 0. The second-order valence-corrected chi connectivity index (χ2v) is 6.71. The van der Waals surface area contributed by atoms with Gasteiger partial charge in [-0.2, -0.15) is 23.7 Å². The van der Waals surface area contributed by atoms with Gasteiger partial charge in [0.25, 0.3) is 0 Å². The summed E-state index contributed by atoms with van der Waals surface area (Å²) >= 11 is 0. The number of carbonyl (C=O) groups is 1. The van der Waals surface area contributed by atoms with Crippen LogP contribution in [0.1, 0.15) is 31.7 Å². The molecule has 1 N–H and O–H groups in total. The van der Waals surface area contributed by atoms with E-state index in [2.05, 4.69) is 35.5 Å². The van der Waals surface area contributed by atoms with Gasteiger partial charge in [-0.1, -0.05) is 31.0 Å². The summed E-state index contributed by atoms with van der Waals surface area (Å²) in [4.78, 5) is 11.8. The number of hydrogen-bond donors (Lipinski definition) is 1. The summed E-state index contributed by atoms with van der Waals surface area (Å²) < 4.78 is 7.05. The van der Waals surface area contributed by atoms with Crippen molar-refractivity contribution in [1.82, 2.24) is 20.3 Å². The number of ether oxygens (including phenoxy) is 1. The number of aromatic nitrogens is 3. The number of nitrogens with zero attached hydrogens (tertiary/aromatic N) is 3. The summed E-state index contributed by atoms with van der Waals surface area (Å²) in [6, 6.07) is 18.7. The number of benzene rings is 2. The normalized spacial score (nSPS) is 10.3. The van der Waals surface area contributed by atoms with Crippen molar-refractivity contribution in [2.75, 3.05) is 13.2 Å². The maximum atomic E-state index is 11.8. The third-order valence-corrected chi connectivity index (χ3v) is 4.56. The Kier molecular flexibility index (Phi) is 10.0. The van der Waals surface area contributed by atoms with Crippen LogP contribution in [0.25, 0.3) is 22.5 Å². The number of hydrogen-bond acceptors (Lipinski definition) is 4. The molecular weight excluding hydrogens is 453 g/mol. The maximum absolute atomic E-state index is 11.8. The Balaban J connectivity index is 0.00000320. The van der Waals surface area contributed by atoms with Crippen LogP contribution in [0, 0.1) is 13.0 Å². The SMILES string of the molecule is [CH2-]c1ccccc1-c1c(-c2[c-]cccc2)nnn1CCOC(=O)NCCCCC.[Y]. The van der Waals surface area contributed by atoms with Gasteiger partial charge in [0.15, 0.2) is 0 Å². The molecule has 155 valence electrons. The molecule has 0 saturated heterocycles. The van der Waals surface area contributed by atoms with Crippen molar-refractivity contribution in [3.05, 3.63) is 67.1 Å². The molecule has 1 aromatic heterocycles. The molecule has 0 aliphatic heterocycles. The Morgan fingerprint density at radius 1 is 1.20 bits per heavy atom. The van der Waals surface area contributed by atoms with E-state index in [1.807, 2.05) is 48.5 Å².